The molecule has 0 saturated heterocycles. The van der Waals surface area contributed by atoms with Crippen molar-refractivity contribution in [1.29, 1.82) is 0 Å². The molecule has 2 rings (SSSR count). The second kappa shape index (κ2) is 6.75. The normalized spacial score (nSPS) is 12.1. The van der Waals surface area contributed by atoms with Gasteiger partial charge in [-0.1, -0.05) is 30.3 Å². The molecule has 1 unspecified atom stereocenters. The summed E-state index contributed by atoms with van der Waals surface area (Å²) in [6, 6.07) is 11.2. The molecule has 0 aliphatic rings. The van der Waals surface area contributed by atoms with Crippen LogP contribution in [-0.4, -0.2) is 23.7 Å². The molecule has 100 valence electrons. The summed E-state index contributed by atoms with van der Waals surface area (Å²) in [6.45, 7) is -0.0836. The fourth-order valence-electron chi connectivity index (χ4n) is 1.76. The summed E-state index contributed by atoms with van der Waals surface area (Å²) in [5.41, 5.74) is 1.09. The molecule has 0 saturated carbocycles. The molecule has 2 aromatic rings. The molecule has 1 atom stereocenters. The zero-order chi connectivity index (χ0) is 13.7. The fraction of sp³-hybridized carbons (Fsp3) is 0.214. The largest absolute Gasteiger partial charge is 0.394 e. The van der Waals surface area contributed by atoms with Gasteiger partial charge in [-0.3, -0.25) is 4.79 Å². The zero-order valence-electron chi connectivity index (χ0n) is 10.2. The lowest BCUT2D eigenvalue weighted by molar-refractivity contribution is 0.0920. The summed E-state index contributed by atoms with van der Waals surface area (Å²) < 4.78 is 0. The number of carbonyl (C=O) groups excluding carboxylic acids is 1. The average Bonchev–Trinajstić information content (AvgIpc) is 2.86. The Balaban J connectivity index is 1.97. The van der Waals surface area contributed by atoms with Gasteiger partial charge >= 0.3 is 0 Å². The number of hydrogen-bond acceptors (Lipinski definition) is 4. The van der Waals surface area contributed by atoms with Gasteiger partial charge in [-0.15, -0.1) is 24.0 Å². The van der Waals surface area contributed by atoms with Crippen LogP contribution in [0.15, 0.2) is 46.7 Å². The minimum atomic E-state index is -0.277. The number of carbonyl (C=O) groups is 1. The van der Waals surface area contributed by atoms with Crippen LogP contribution in [0.25, 0.3) is 0 Å². The third kappa shape index (κ3) is 4.09. The first-order chi connectivity index (χ1) is 9.19. The second-order valence-corrected chi connectivity index (χ2v) is 5.64. The van der Waals surface area contributed by atoms with Gasteiger partial charge in [-0.2, -0.15) is 0 Å². The van der Waals surface area contributed by atoms with E-state index >= 15 is 0 Å². The van der Waals surface area contributed by atoms with E-state index in [1.165, 1.54) is 11.3 Å². The topological polar surface area (TPSA) is 49.3 Å². The van der Waals surface area contributed by atoms with Gasteiger partial charge in [0, 0.05) is 10.3 Å². The van der Waals surface area contributed by atoms with E-state index in [1.54, 1.807) is 6.07 Å². The van der Waals surface area contributed by atoms with Gasteiger partial charge in [-0.25, -0.2) is 0 Å². The Bertz CT molecular complexity index is 539. The summed E-state index contributed by atoms with van der Waals surface area (Å²) in [7, 11) is 0. The van der Waals surface area contributed by atoms with Crippen LogP contribution in [0, 0.1) is 0 Å². The minimum absolute atomic E-state index is 0.0836. The number of thiol groups is 1. The van der Waals surface area contributed by atoms with Crippen LogP contribution < -0.4 is 5.32 Å². The number of aliphatic hydroxyl groups excluding tert-OH is 1. The van der Waals surface area contributed by atoms with Crippen LogP contribution in [0.4, 0.5) is 0 Å². The Kier molecular flexibility index (Phi) is 5.01. The molecule has 1 amide bonds. The highest BCUT2D eigenvalue weighted by Gasteiger charge is 2.14. The van der Waals surface area contributed by atoms with E-state index in [9.17, 15) is 9.90 Å². The Morgan fingerprint density at radius 1 is 1.37 bits per heavy atom. The Hall–Kier alpha value is -1.30. The molecule has 0 fully saturated rings. The van der Waals surface area contributed by atoms with Gasteiger partial charge in [0.25, 0.3) is 5.91 Å². The van der Waals surface area contributed by atoms with Crippen molar-refractivity contribution in [2.45, 2.75) is 17.4 Å². The third-order valence-corrected chi connectivity index (χ3v) is 4.05. The fourth-order valence-corrected chi connectivity index (χ4v) is 2.81. The van der Waals surface area contributed by atoms with Crippen LogP contribution in [0.1, 0.15) is 15.2 Å². The van der Waals surface area contributed by atoms with Gasteiger partial charge in [0.05, 0.1) is 17.5 Å². The molecule has 1 heterocycles. The quantitative estimate of drug-likeness (QED) is 0.741. The van der Waals surface area contributed by atoms with Crippen molar-refractivity contribution in [3.05, 3.63) is 52.2 Å². The molecule has 1 aromatic heterocycles. The number of amides is 1. The van der Waals surface area contributed by atoms with Gasteiger partial charge in [0.1, 0.15) is 0 Å². The predicted molar refractivity (Wildman–Crippen MR) is 80.1 cm³/mol. The Morgan fingerprint density at radius 3 is 2.68 bits per heavy atom. The molecule has 19 heavy (non-hydrogen) atoms. The second-order valence-electron chi connectivity index (χ2n) is 4.21. The Labute approximate surface area is 121 Å². The van der Waals surface area contributed by atoms with Crippen molar-refractivity contribution in [3.8, 4) is 0 Å². The first-order valence-corrected chi connectivity index (χ1v) is 7.25. The van der Waals surface area contributed by atoms with E-state index < -0.39 is 0 Å². The van der Waals surface area contributed by atoms with Crippen molar-refractivity contribution in [3.63, 3.8) is 0 Å². The molecular formula is C14H15NO2S2. The molecule has 0 aliphatic carbocycles. The summed E-state index contributed by atoms with van der Waals surface area (Å²) in [5.74, 6) is -0.166. The number of rotatable bonds is 5. The summed E-state index contributed by atoms with van der Waals surface area (Å²) in [5, 5.41) is 14.0. The summed E-state index contributed by atoms with van der Waals surface area (Å²) >= 11 is 5.52. The number of aliphatic hydroxyl groups is 1. The lowest BCUT2D eigenvalue weighted by atomic mass is 10.1. The van der Waals surface area contributed by atoms with Crippen molar-refractivity contribution >= 4 is 29.9 Å². The Morgan fingerprint density at radius 2 is 2.11 bits per heavy atom. The molecule has 2 N–H and O–H groups in total. The van der Waals surface area contributed by atoms with Crippen LogP contribution >= 0.6 is 24.0 Å². The highest BCUT2D eigenvalue weighted by molar-refractivity contribution is 7.80. The van der Waals surface area contributed by atoms with Crippen LogP contribution in [0.2, 0.25) is 0 Å². The lowest BCUT2D eigenvalue weighted by Crippen LogP contribution is -2.38. The molecule has 0 aliphatic heterocycles. The molecule has 0 spiro atoms. The van der Waals surface area contributed by atoms with E-state index in [2.05, 4.69) is 17.9 Å². The van der Waals surface area contributed by atoms with Gasteiger partial charge in [-0.05, 0) is 18.1 Å². The maximum Gasteiger partial charge on any atom is 0.261 e. The third-order valence-electron chi connectivity index (χ3n) is 2.69. The van der Waals surface area contributed by atoms with Gasteiger partial charge < -0.3 is 10.4 Å². The predicted octanol–water partition coefficient (Wildman–Crippen LogP) is 2.37. The molecule has 3 nitrogen and oxygen atoms in total. The number of nitrogens with one attached hydrogen (secondary N) is 1. The monoisotopic (exact) mass is 293 g/mol. The summed E-state index contributed by atoms with van der Waals surface area (Å²) in [6.07, 6.45) is 0.613. The van der Waals surface area contributed by atoms with E-state index in [4.69, 9.17) is 0 Å². The molecular weight excluding hydrogens is 278 g/mol. The van der Waals surface area contributed by atoms with E-state index in [0.717, 1.165) is 10.5 Å². The average molecular weight is 293 g/mol. The lowest BCUT2D eigenvalue weighted by Gasteiger charge is -2.15. The van der Waals surface area contributed by atoms with Crippen molar-refractivity contribution in [1.82, 2.24) is 5.32 Å². The SMILES string of the molecule is O=C(NC(CO)Cc1ccccc1)c1cc(S)cs1. The van der Waals surface area contributed by atoms with E-state index in [1.807, 2.05) is 35.7 Å². The number of thiophene rings is 1. The van der Waals surface area contributed by atoms with Gasteiger partial charge in [0.2, 0.25) is 0 Å². The highest BCUT2D eigenvalue weighted by atomic mass is 32.1. The minimum Gasteiger partial charge on any atom is -0.394 e. The summed E-state index contributed by atoms with van der Waals surface area (Å²) in [4.78, 5) is 13.4. The van der Waals surface area contributed by atoms with Gasteiger partial charge in [0.15, 0.2) is 0 Å². The first kappa shape index (κ1) is 14.1. The van der Waals surface area contributed by atoms with E-state index in [-0.39, 0.29) is 18.6 Å². The molecule has 0 radical (unpaired) electrons. The number of benzene rings is 1. The van der Waals surface area contributed by atoms with Crippen LogP contribution in [0.5, 0.6) is 0 Å². The van der Waals surface area contributed by atoms with Crippen LogP contribution in [0.3, 0.4) is 0 Å². The standard InChI is InChI=1S/C14H15NO2S2/c16-8-11(6-10-4-2-1-3-5-10)15-14(17)13-7-12(18)9-19-13/h1-5,7,9,11,16,18H,6,8H2,(H,15,17). The number of hydrogen-bond donors (Lipinski definition) is 3. The van der Waals surface area contributed by atoms with Crippen LogP contribution in [-0.2, 0) is 6.42 Å². The zero-order valence-corrected chi connectivity index (χ0v) is 12.0. The maximum atomic E-state index is 12.0. The molecule has 0 bridgehead atoms. The van der Waals surface area contributed by atoms with Crippen molar-refractivity contribution in [2.24, 2.45) is 0 Å². The highest BCUT2D eigenvalue weighted by Crippen LogP contribution is 2.17. The molecule has 1 aromatic carbocycles. The van der Waals surface area contributed by atoms with Crippen molar-refractivity contribution < 1.29 is 9.90 Å². The van der Waals surface area contributed by atoms with E-state index in [0.29, 0.717) is 11.3 Å². The maximum absolute atomic E-state index is 12.0. The smallest absolute Gasteiger partial charge is 0.261 e. The first-order valence-electron chi connectivity index (χ1n) is 5.92. The van der Waals surface area contributed by atoms with Crippen molar-refractivity contribution in [2.75, 3.05) is 6.61 Å². The molecule has 5 heteroatoms.